The lowest BCUT2D eigenvalue weighted by molar-refractivity contribution is 0.415. The predicted octanol–water partition coefficient (Wildman–Crippen LogP) is 4.25. The maximum atomic E-state index is 5.24. The molecule has 0 aromatic heterocycles. The summed E-state index contributed by atoms with van der Waals surface area (Å²) >= 11 is 5.24. The summed E-state index contributed by atoms with van der Waals surface area (Å²) in [7, 11) is 3.75. The van der Waals surface area contributed by atoms with Crippen molar-refractivity contribution in [2.24, 2.45) is 5.10 Å². The Balaban J connectivity index is 1.84. The zero-order valence-electron chi connectivity index (χ0n) is 15.5. The van der Waals surface area contributed by atoms with E-state index in [9.17, 15) is 0 Å². The van der Waals surface area contributed by atoms with Crippen molar-refractivity contribution in [1.82, 2.24) is 5.43 Å². The number of unbranched alkanes of at least 4 members (excludes halogenated alkanes) is 1. The van der Waals surface area contributed by atoms with E-state index in [0.717, 1.165) is 23.5 Å². The standard InChI is InChI=1S/C20H26N4OS/c1-4-5-13-24(2)18-11-9-16(10-12-18)15-21-23-20(26)22-17-7-6-8-19(14-17)25-3/h6-12,14-15H,4-5,13H2,1-3H3,(H2,22,23,26)/b21-15-. The molecule has 0 saturated carbocycles. The fourth-order valence-corrected chi connectivity index (χ4v) is 2.54. The van der Waals surface area contributed by atoms with Crippen molar-refractivity contribution in [3.05, 3.63) is 54.1 Å². The van der Waals surface area contributed by atoms with E-state index >= 15 is 0 Å². The largest absolute Gasteiger partial charge is 0.497 e. The zero-order valence-corrected chi connectivity index (χ0v) is 16.3. The molecule has 2 N–H and O–H groups in total. The van der Waals surface area contributed by atoms with Crippen LogP contribution in [0, 0.1) is 0 Å². The van der Waals surface area contributed by atoms with Gasteiger partial charge in [0.15, 0.2) is 5.11 Å². The SMILES string of the molecule is CCCCN(C)c1ccc(/C=N\NC(=S)Nc2cccc(OC)c2)cc1. The summed E-state index contributed by atoms with van der Waals surface area (Å²) in [5, 5.41) is 7.67. The number of nitrogens with one attached hydrogen (secondary N) is 2. The molecule has 0 heterocycles. The van der Waals surface area contributed by atoms with Crippen LogP contribution in [0.1, 0.15) is 25.3 Å². The Kier molecular flexibility index (Phi) is 7.89. The first-order valence-corrected chi connectivity index (χ1v) is 9.08. The van der Waals surface area contributed by atoms with Crippen LogP contribution in [-0.2, 0) is 0 Å². The molecule has 0 spiro atoms. The van der Waals surface area contributed by atoms with Gasteiger partial charge in [0.25, 0.3) is 0 Å². The second-order valence-corrected chi connectivity index (χ2v) is 6.33. The number of hydrogen-bond acceptors (Lipinski definition) is 4. The molecule has 0 fully saturated rings. The third-order valence-electron chi connectivity index (χ3n) is 3.89. The van der Waals surface area contributed by atoms with E-state index in [-0.39, 0.29) is 0 Å². The third kappa shape index (κ3) is 6.37. The maximum absolute atomic E-state index is 5.24. The quantitative estimate of drug-likeness (QED) is 0.413. The van der Waals surface area contributed by atoms with Crippen LogP contribution in [0.2, 0.25) is 0 Å². The van der Waals surface area contributed by atoms with Crippen molar-refractivity contribution in [3.8, 4) is 5.75 Å². The van der Waals surface area contributed by atoms with Gasteiger partial charge in [-0.05, 0) is 48.5 Å². The van der Waals surface area contributed by atoms with Gasteiger partial charge in [-0.1, -0.05) is 31.5 Å². The average molecular weight is 371 g/mol. The van der Waals surface area contributed by atoms with E-state index in [0.29, 0.717) is 5.11 Å². The first-order chi connectivity index (χ1) is 12.6. The molecule has 6 heteroatoms. The van der Waals surface area contributed by atoms with Crippen LogP contribution >= 0.6 is 12.2 Å². The normalized spacial score (nSPS) is 10.6. The van der Waals surface area contributed by atoms with Gasteiger partial charge in [0.05, 0.1) is 13.3 Å². The van der Waals surface area contributed by atoms with Crippen LogP contribution < -0.4 is 20.4 Å². The van der Waals surface area contributed by atoms with Crippen molar-refractivity contribution in [1.29, 1.82) is 0 Å². The highest BCUT2D eigenvalue weighted by atomic mass is 32.1. The summed E-state index contributed by atoms with van der Waals surface area (Å²) in [6.07, 6.45) is 4.14. The molecule has 0 atom stereocenters. The van der Waals surface area contributed by atoms with Crippen LogP contribution in [0.25, 0.3) is 0 Å². The Hall–Kier alpha value is -2.60. The molecule has 0 saturated heterocycles. The van der Waals surface area contributed by atoms with Crippen LogP contribution in [0.4, 0.5) is 11.4 Å². The van der Waals surface area contributed by atoms with Crippen molar-refractivity contribution in [2.75, 3.05) is 30.9 Å². The van der Waals surface area contributed by atoms with Gasteiger partial charge in [0.1, 0.15) is 5.75 Å². The van der Waals surface area contributed by atoms with Crippen LogP contribution in [0.15, 0.2) is 53.6 Å². The molecule has 0 aliphatic carbocycles. The second-order valence-electron chi connectivity index (χ2n) is 5.92. The molecule has 138 valence electrons. The van der Waals surface area contributed by atoms with E-state index in [2.05, 4.69) is 46.8 Å². The third-order valence-corrected chi connectivity index (χ3v) is 4.08. The first-order valence-electron chi connectivity index (χ1n) is 8.67. The number of methoxy groups -OCH3 is 1. The van der Waals surface area contributed by atoms with Crippen molar-refractivity contribution in [3.63, 3.8) is 0 Å². The number of rotatable bonds is 8. The molecule has 0 radical (unpaired) electrons. The van der Waals surface area contributed by atoms with E-state index in [1.807, 2.05) is 36.4 Å². The highest BCUT2D eigenvalue weighted by Crippen LogP contribution is 2.16. The second kappa shape index (κ2) is 10.4. The minimum absolute atomic E-state index is 0.422. The molecule has 2 aromatic rings. The monoisotopic (exact) mass is 370 g/mol. The molecule has 26 heavy (non-hydrogen) atoms. The van der Waals surface area contributed by atoms with E-state index in [1.165, 1.54) is 18.5 Å². The molecule has 0 amide bonds. The maximum Gasteiger partial charge on any atom is 0.191 e. The van der Waals surface area contributed by atoms with E-state index < -0.39 is 0 Å². The smallest absolute Gasteiger partial charge is 0.191 e. The van der Waals surface area contributed by atoms with E-state index in [4.69, 9.17) is 17.0 Å². The minimum Gasteiger partial charge on any atom is -0.497 e. The molecule has 2 aromatic carbocycles. The molecule has 0 unspecified atom stereocenters. The summed E-state index contributed by atoms with van der Waals surface area (Å²) < 4.78 is 5.19. The highest BCUT2D eigenvalue weighted by molar-refractivity contribution is 7.80. The minimum atomic E-state index is 0.422. The predicted molar refractivity (Wildman–Crippen MR) is 115 cm³/mol. The van der Waals surface area contributed by atoms with Gasteiger partial charge in [-0.15, -0.1) is 0 Å². The Labute approximate surface area is 161 Å². The molecular formula is C20H26N4OS. The Morgan fingerprint density at radius 3 is 2.69 bits per heavy atom. The van der Waals surface area contributed by atoms with Gasteiger partial charge in [0, 0.05) is 31.0 Å². The Morgan fingerprint density at radius 1 is 1.23 bits per heavy atom. The van der Waals surface area contributed by atoms with Crippen LogP contribution in [-0.4, -0.2) is 32.0 Å². The number of nitrogens with zero attached hydrogens (tertiary/aromatic N) is 2. The lowest BCUT2D eigenvalue weighted by Gasteiger charge is -2.18. The molecule has 0 aliphatic heterocycles. The van der Waals surface area contributed by atoms with Crippen LogP contribution in [0.5, 0.6) is 5.75 Å². The summed E-state index contributed by atoms with van der Waals surface area (Å²) in [6, 6.07) is 15.8. The Morgan fingerprint density at radius 2 is 2.00 bits per heavy atom. The first kappa shape index (κ1) is 19.7. The van der Waals surface area contributed by atoms with Gasteiger partial charge in [-0.3, -0.25) is 5.43 Å². The lowest BCUT2D eigenvalue weighted by atomic mass is 10.2. The summed E-state index contributed by atoms with van der Waals surface area (Å²) in [5.74, 6) is 0.769. The summed E-state index contributed by atoms with van der Waals surface area (Å²) in [6.45, 7) is 3.27. The molecular weight excluding hydrogens is 344 g/mol. The zero-order chi connectivity index (χ0) is 18.8. The highest BCUT2D eigenvalue weighted by Gasteiger charge is 2.00. The van der Waals surface area contributed by atoms with Crippen molar-refractivity contribution < 1.29 is 4.74 Å². The number of thiocarbonyl (C=S) groups is 1. The van der Waals surface area contributed by atoms with Gasteiger partial charge in [-0.25, -0.2) is 0 Å². The number of anilines is 2. The van der Waals surface area contributed by atoms with Gasteiger partial charge in [0.2, 0.25) is 0 Å². The molecule has 2 rings (SSSR count). The molecule has 0 bridgehead atoms. The summed E-state index contributed by atoms with van der Waals surface area (Å²) in [5.41, 5.74) is 5.88. The van der Waals surface area contributed by atoms with Gasteiger partial charge < -0.3 is 15.0 Å². The fourth-order valence-electron chi connectivity index (χ4n) is 2.36. The number of hydrazone groups is 1. The average Bonchev–Trinajstić information content (AvgIpc) is 2.66. The van der Waals surface area contributed by atoms with Crippen molar-refractivity contribution >= 4 is 34.9 Å². The topological polar surface area (TPSA) is 48.9 Å². The van der Waals surface area contributed by atoms with Crippen molar-refractivity contribution in [2.45, 2.75) is 19.8 Å². The lowest BCUT2D eigenvalue weighted by Crippen LogP contribution is -2.23. The van der Waals surface area contributed by atoms with Gasteiger partial charge >= 0.3 is 0 Å². The molecule has 5 nitrogen and oxygen atoms in total. The van der Waals surface area contributed by atoms with Crippen LogP contribution in [0.3, 0.4) is 0 Å². The number of ether oxygens (including phenoxy) is 1. The fraction of sp³-hybridized carbons (Fsp3) is 0.300. The number of hydrogen-bond donors (Lipinski definition) is 2. The van der Waals surface area contributed by atoms with E-state index in [1.54, 1.807) is 13.3 Å². The summed E-state index contributed by atoms with van der Waals surface area (Å²) in [4.78, 5) is 2.26. The van der Waals surface area contributed by atoms with Gasteiger partial charge in [-0.2, -0.15) is 5.10 Å². The molecule has 0 aliphatic rings. The Bertz CT molecular complexity index is 731. The number of benzene rings is 2.